The van der Waals surface area contributed by atoms with Crippen molar-refractivity contribution in [2.75, 3.05) is 14.1 Å². The number of hydrogen-bond donors (Lipinski definition) is 0. The summed E-state index contributed by atoms with van der Waals surface area (Å²) >= 11 is 0. The lowest BCUT2D eigenvalue weighted by Crippen LogP contribution is -2.17. The molecule has 0 atom stereocenters. The molecule has 0 bridgehead atoms. The van der Waals surface area contributed by atoms with Gasteiger partial charge in [0.1, 0.15) is 11.4 Å². The van der Waals surface area contributed by atoms with Crippen LogP contribution in [0.15, 0.2) is 54.7 Å². The third kappa shape index (κ3) is 4.84. The van der Waals surface area contributed by atoms with Crippen molar-refractivity contribution in [3.63, 3.8) is 0 Å². The number of carbonyl (C=O) groups is 1. The van der Waals surface area contributed by atoms with Gasteiger partial charge in [-0.25, -0.2) is 4.98 Å². The predicted molar refractivity (Wildman–Crippen MR) is 83.5 cm³/mol. The van der Waals surface area contributed by atoms with E-state index in [0.29, 0.717) is 0 Å². The number of para-hydroxylation sites is 1. The number of benzene rings is 1. The van der Waals surface area contributed by atoms with Crippen molar-refractivity contribution in [1.29, 1.82) is 0 Å². The summed E-state index contributed by atoms with van der Waals surface area (Å²) in [5.74, 6) is -0.717. The van der Waals surface area contributed by atoms with Crippen molar-refractivity contribution in [2.45, 2.75) is 6.36 Å². The van der Waals surface area contributed by atoms with Crippen LogP contribution in [0.5, 0.6) is 5.75 Å². The Morgan fingerprint density at radius 2 is 1.83 bits per heavy atom. The number of rotatable bonds is 5. The number of carbonyl (C=O) groups excluding carboxylic acids is 1. The second kappa shape index (κ2) is 7.16. The number of ether oxygens (including phenoxy) is 1. The van der Waals surface area contributed by atoms with Gasteiger partial charge in [-0.3, -0.25) is 4.79 Å². The van der Waals surface area contributed by atoms with Crippen molar-refractivity contribution >= 4 is 5.78 Å². The highest BCUT2D eigenvalue weighted by molar-refractivity contribution is 6.03. The Kier molecular flexibility index (Phi) is 5.23. The van der Waals surface area contributed by atoms with Gasteiger partial charge in [0.25, 0.3) is 0 Å². The molecule has 0 amide bonds. The minimum atomic E-state index is -4.81. The molecule has 4 nitrogen and oxygen atoms in total. The highest BCUT2D eigenvalue weighted by atomic mass is 19.4. The summed E-state index contributed by atoms with van der Waals surface area (Å²) in [5, 5.41) is 0. The van der Waals surface area contributed by atoms with Crippen molar-refractivity contribution < 1.29 is 22.7 Å². The highest BCUT2D eigenvalue weighted by Gasteiger charge is 2.32. The number of halogens is 3. The first-order valence-electron chi connectivity index (χ1n) is 6.97. The SMILES string of the molecule is CN(C)/C=C/C(=O)c1cccc(-c2ccccc2OC(F)(F)F)n1. The number of alkyl halides is 3. The van der Waals surface area contributed by atoms with Crippen LogP contribution < -0.4 is 4.74 Å². The Bertz CT molecular complexity index is 755. The van der Waals surface area contributed by atoms with E-state index in [0.717, 1.165) is 0 Å². The minimum absolute atomic E-state index is 0.132. The van der Waals surface area contributed by atoms with Crippen LogP contribution in [0.4, 0.5) is 13.2 Å². The number of ketones is 1. The van der Waals surface area contributed by atoms with Crippen LogP contribution >= 0.6 is 0 Å². The number of nitrogens with zero attached hydrogens (tertiary/aromatic N) is 2. The third-order valence-electron chi connectivity index (χ3n) is 2.91. The fraction of sp³-hybridized carbons (Fsp3) is 0.176. The van der Waals surface area contributed by atoms with Crippen molar-refractivity contribution in [1.82, 2.24) is 9.88 Å². The molecule has 1 aromatic heterocycles. The molecule has 126 valence electrons. The third-order valence-corrected chi connectivity index (χ3v) is 2.91. The van der Waals surface area contributed by atoms with Gasteiger partial charge in [-0.2, -0.15) is 0 Å². The normalized spacial score (nSPS) is 11.5. The number of pyridine rings is 1. The quantitative estimate of drug-likeness (QED) is 0.613. The average molecular weight is 336 g/mol. The number of aromatic nitrogens is 1. The van der Waals surface area contributed by atoms with E-state index in [1.807, 2.05) is 0 Å². The van der Waals surface area contributed by atoms with E-state index in [-0.39, 0.29) is 28.5 Å². The van der Waals surface area contributed by atoms with Crippen molar-refractivity contribution in [3.05, 3.63) is 60.4 Å². The lowest BCUT2D eigenvalue weighted by molar-refractivity contribution is -0.274. The molecule has 7 heteroatoms. The van der Waals surface area contributed by atoms with E-state index in [2.05, 4.69) is 9.72 Å². The van der Waals surface area contributed by atoms with E-state index in [9.17, 15) is 18.0 Å². The summed E-state index contributed by atoms with van der Waals surface area (Å²) < 4.78 is 41.6. The predicted octanol–water partition coefficient (Wildman–Crippen LogP) is 3.91. The number of hydrogen-bond acceptors (Lipinski definition) is 4. The smallest absolute Gasteiger partial charge is 0.405 e. The zero-order chi connectivity index (χ0) is 17.7. The molecule has 0 aliphatic rings. The van der Waals surface area contributed by atoms with Gasteiger partial charge in [-0.1, -0.05) is 18.2 Å². The fourth-order valence-corrected chi connectivity index (χ4v) is 1.92. The highest BCUT2D eigenvalue weighted by Crippen LogP contribution is 2.32. The van der Waals surface area contributed by atoms with Gasteiger partial charge in [0.2, 0.25) is 5.78 Å². The molecule has 0 saturated heterocycles. The Balaban J connectivity index is 2.37. The van der Waals surface area contributed by atoms with Gasteiger partial charge in [0.15, 0.2) is 0 Å². The molecule has 2 rings (SSSR count). The van der Waals surface area contributed by atoms with Gasteiger partial charge in [-0.05, 0) is 24.3 Å². The Morgan fingerprint density at radius 1 is 1.12 bits per heavy atom. The van der Waals surface area contributed by atoms with Crippen LogP contribution in [0.25, 0.3) is 11.3 Å². The first kappa shape index (κ1) is 17.5. The summed E-state index contributed by atoms with van der Waals surface area (Å²) in [5.41, 5.74) is 0.507. The van der Waals surface area contributed by atoms with Gasteiger partial charge < -0.3 is 9.64 Å². The molecule has 24 heavy (non-hydrogen) atoms. The monoisotopic (exact) mass is 336 g/mol. The topological polar surface area (TPSA) is 42.4 Å². The van der Waals surface area contributed by atoms with E-state index in [4.69, 9.17) is 0 Å². The van der Waals surface area contributed by atoms with Gasteiger partial charge >= 0.3 is 6.36 Å². The second-order valence-electron chi connectivity index (χ2n) is 5.10. The molecule has 0 aliphatic carbocycles. The lowest BCUT2D eigenvalue weighted by atomic mass is 10.1. The Hall–Kier alpha value is -2.83. The Labute approximate surface area is 137 Å². The van der Waals surface area contributed by atoms with Crippen LogP contribution in [0, 0.1) is 0 Å². The standard InChI is InChI=1S/C17H15F3N2O2/c1-22(2)11-10-15(23)14-8-5-7-13(21-14)12-6-3-4-9-16(12)24-17(18,19)20/h3-11H,1-2H3/b11-10+. The zero-order valence-corrected chi connectivity index (χ0v) is 13.0. The number of allylic oxidation sites excluding steroid dienone is 1. The van der Waals surface area contributed by atoms with Crippen LogP contribution in [-0.4, -0.2) is 36.1 Å². The summed E-state index contributed by atoms with van der Waals surface area (Å²) in [4.78, 5) is 17.9. The lowest BCUT2D eigenvalue weighted by Gasteiger charge is -2.13. The van der Waals surface area contributed by atoms with Gasteiger partial charge in [0.05, 0.1) is 5.69 Å². The molecule has 0 fully saturated rings. The molecule has 0 N–H and O–H groups in total. The Morgan fingerprint density at radius 3 is 2.50 bits per heavy atom. The van der Waals surface area contributed by atoms with E-state index in [1.54, 1.807) is 37.3 Å². The van der Waals surface area contributed by atoms with Crippen molar-refractivity contribution in [3.8, 4) is 17.0 Å². The maximum Gasteiger partial charge on any atom is 0.573 e. The molecule has 1 heterocycles. The van der Waals surface area contributed by atoms with Crippen LogP contribution in [0.2, 0.25) is 0 Å². The summed E-state index contributed by atoms with van der Waals surface area (Å²) in [7, 11) is 3.52. The van der Waals surface area contributed by atoms with Gasteiger partial charge in [-0.15, -0.1) is 13.2 Å². The molecular formula is C17H15F3N2O2. The summed E-state index contributed by atoms with van der Waals surface area (Å²) in [6.07, 6.45) is -1.90. The largest absolute Gasteiger partial charge is 0.573 e. The molecule has 0 spiro atoms. The summed E-state index contributed by atoms with van der Waals surface area (Å²) in [6, 6.07) is 10.2. The maximum atomic E-state index is 12.5. The van der Waals surface area contributed by atoms with E-state index < -0.39 is 6.36 Å². The van der Waals surface area contributed by atoms with E-state index >= 15 is 0 Å². The molecule has 0 radical (unpaired) electrons. The van der Waals surface area contributed by atoms with Crippen LogP contribution in [-0.2, 0) is 0 Å². The molecule has 1 aromatic carbocycles. The maximum absolute atomic E-state index is 12.5. The zero-order valence-electron chi connectivity index (χ0n) is 13.0. The molecule has 0 unspecified atom stereocenters. The van der Waals surface area contributed by atoms with Crippen LogP contribution in [0.3, 0.4) is 0 Å². The van der Waals surface area contributed by atoms with Crippen molar-refractivity contribution in [2.24, 2.45) is 0 Å². The first-order chi connectivity index (χ1) is 11.3. The molecule has 0 saturated carbocycles. The second-order valence-corrected chi connectivity index (χ2v) is 5.10. The van der Waals surface area contributed by atoms with Crippen LogP contribution in [0.1, 0.15) is 10.5 Å². The summed E-state index contributed by atoms with van der Waals surface area (Å²) in [6.45, 7) is 0. The van der Waals surface area contributed by atoms with E-state index in [1.165, 1.54) is 36.4 Å². The first-order valence-corrected chi connectivity index (χ1v) is 6.97. The van der Waals surface area contributed by atoms with Gasteiger partial charge in [0, 0.05) is 31.9 Å². The average Bonchev–Trinajstić information content (AvgIpc) is 2.51. The molecule has 0 aliphatic heterocycles. The fourth-order valence-electron chi connectivity index (χ4n) is 1.92. The minimum Gasteiger partial charge on any atom is -0.405 e. The molecular weight excluding hydrogens is 321 g/mol. The molecule has 2 aromatic rings.